The SMILES string of the molecule is c1cc(-c2cncc(-n3c4ccccc4c4ncccc43)c2)cc(-n2c3ccccc3c3ccccc32)c1. The van der Waals surface area contributed by atoms with E-state index < -0.39 is 0 Å². The first kappa shape index (κ1) is 20.9. The first-order valence-corrected chi connectivity index (χ1v) is 12.8. The van der Waals surface area contributed by atoms with Gasteiger partial charge in [-0.05, 0) is 54.1 Å². The van der Waals surface area contributed by atoms with E-state index in [0.29, 0.717) is 0 Å². The topological polar surface area (TPSA) is 35.6 Å². The quantitative estimate of drug-likeness (QED) is 0.252. The zero-order valence-corrected chi connectivity index (χ0v) is 20.5. The summed E-state index contributed by atoms with van der Waals surface area (Å²) in [6.07, 6.45) is 5.73. The monoisotopic (exact) mass is 486 g/mol. The van der Waals surface area contributed by atoms with Crippen LogP contribution in [0.4, 0.5) is 0 Å². The number of nitrogens with zero attached hydrogens (tertiary/aromatic N) is 4. The summed E-state index contributed by atoms with van der Waals surface area (Å²) in [6.45, 7) is 0. The Kier molecular flexibility index (Phi) is 4.49. The largest absolute Gasteiger partial charge is 0.309 e. The minimum atomic E-state index is 1.00. The van der Waals surface area contributed by atoms with Gasteiger partial charge in [-0.1, -0.05) is 66.7 Å². The highest BCUT2D eigenvalue weighted by molar-refractivity contribution is 6.09. The third-order valence-electron chi connectivity index (χ3n) is 7.43. The molecule has 0 fully saturated rings. The molecular formula is C34H22N4. The number of para-hydroxylation sites is 3. The van der Waals surface area contributed by atoms with Crippen LogP contribution in [0, 0.1) is 0 Å². The maximum atomic E-state index is 4.68. The van der Waals surface area contributed by atoms with Crippen molar-refractivity contribution in [2.24, 2.45) is 0 Å². The summed E-state index contributed by atoms with van der Waals surface area (Å²) in [4.78, 5) is 9.36. The van der Waals surface area contributed by atoms with E-state index in [1.807, 2.05) is 24.7 Å². The minimum absolute atomic E-state index is 1.00. The zero-order chi connectivity index (χ0) is 25.1. The van der Waals surface area contributed by atoms with E-state index in [0.717, 1.165) is 44.4 Å². The van der Waals surface area contributed by atoms with Gasteiger partial charge >= 0.3 is 0 Å². The maximum absolute atomic E-state index is 4.68. The Bertz CT molecular complexity index is 1890. The molecule has 0 atom stereocenters. The molecule has 4 aromatic carbocycles. The zero-order valence-electron chi connectivity index (χ0n) is 20.5. The second-order valence-corrected chi connectivity index (χ2v) is 9.58. The first-order chi connectivity index (χ1) is 18.9. The third-order valence-corrected chi connectivity index (χ3v) is 7.43. The van der Waals surface area contributed by atoms with Crippen molar-refractivity contribution in [3.63, 3.8) is 0 Å². The summed E-state index contributed by atoms with van der Waals surface area (Å²) in [6, 6.07) is 40.7. The first-order valence-electron chi connectivity index (χ1n) is 12.8. The van der Waals surface area contributed by atoms with Crippen molar-refractivity contribution in [3.8, 4) is 22.5 Å². The smallest absolute Gasteiger partial charge is 0.0963 e. The van der Waals surface area contributed by atoms with Gasteiger partial charge in [0, 0.05) is 39.8 Å². The van der Waals surface area contributed by atoms with Gasteiger partial charge in [0.2, 0.25) is 0 Å². The Balaban J connectivity index is 1.32. The van der Waals surface area contributed by atoms with E-state index in [4.69, 9.17) is 0 Å². The Hall–Kier alpha value is -5.22. The highest BCUT2D eigenvalue weighted by Crippen LogP contribution is 2.34. The second kappa shape index (κ2) is 8.15. The van der Waals surface area contributed by atoms with Crippen LogP contribution in [0.2, 0.25) is 0 Å². The van der Waals surface area contributed by atoms with Crippen molar-refractivity contribution in [1.29, 1.82) is 0 Å². The molecule has 4 heterocycles. The van der Waals surface area contributed by atoms with E-state index in [1.54, 1.807) is 0 Å². The van der Waals surface area contributed by atoms with Crippen LogP contribution < -0.4 is 0 Å². The molecule has 0 aliphatic carbocycles. The molecule has 0 amide bonds. The van der Waals surface area contributed by atoms with Gasteiger partial charge in [-0.25, -0.2) is 0 Å². The molecule has 0 saturated heterocycles. The maximum Gasteiger partial charge on any atom is 0.0963 e. The average Bonchev–Trinajstić information content (AvgIpc) is 3.51. The van der Waals surface area contributed by atoms with Crippen LogP contribution in [0.15, 0.2) is 134 Å². The predicted molar refractivity (Wildman–Crippen MR) is 156 cm³/mol. The molecular weight excluding hydrogens is 464 g/mol. The van der Waals surface area contributed by atoms with Gasteiger partial charge < -0.3 is 9.13 Å². The van der Waals surface area contributed by atoms with Crippen molar-refractivity contribution in [3.05, 3.63) is 134 Å². The van der Waals surface area contributed by atoms with Gasteiger partial charge in [0.05, 0.1) is 39.5 Å². The summed E-state index contributed by atoms with van der Waals surface area (Å²) in [7, 11) is 0. The van der Waals surface area contributed by atoms with Crippen LogP contribution >= 0.6 is 0 Å². The Morgan fingerprint density at radius 1 is 0.447 bits per heavy atom. The van der Waals surface area contributed by atoms with Crippen molar-refractivity contribution in [2.45, 2.75) is 0 Å². The van der Waals surface area contributed by atoms with Crippen LogP contribution in [0.25, 0.3) is 66.2 Å². The van der Waals surface area contributed by atoms with E-state index in [-0.39, 0.29) is 0 Å². The highest BCUT2D eigenvalue weighted by Gasteiger charge is 2.15. The van der Waals surface area contributed by atoms with Gasteiger partial charge in [-0.3, -0.25) is 9.97 Å². The molecule has 0 aliphatic heterocycles. The van der Waals surface area contributed by atoms with Crippen molar-refractivity contribution in [2.75, 3.05) is 0 Å². The lowest BCUT2D eigenvalue weighted by Crippen LogP contribution is -1.97. The molecule has 8 rings (SSSR count). The molecule has 38 heavy (non-hydrogen) atoms. The molecule has 0 radical (unpaired) electrons. The lowest BCUT2D eigenvalue weighted by Gasteiger charge is -2.12. The van der Waals surface area contributed by atoms with E-state index in [9.17, 15) is 0 Å². The molecule has 4 heteroatoms. The van der Waals surface area contributed by atoms with Crippen LogP contribution in [0.3, 0.4) is 0 Å². The van der Waals surface area contributed by atoms with Crippen molar-refractivity contribution >= 4 is 43.7 Å². The van der Waals surface area contributed by atoms with Crippen LogP contribution in [-0.2, 0) is 0 Å². The predicted octanol–water partition coefficient (Wildman–Crippen LogP) is 8.34. The summed E-state index contributed by atoms with van der Waals surface area (Å²) in [5, 5.41) is 3.66. The summed E-state index contributed by atoms with van der Waals surface area (Å²) in [5.74, 6) is 0. The summed E-state index contributed by atoms with van der Waals surface area (Å²) < 4.78 is 4.61. The Labute approximate surface area is 219 Å². The lowest BCUT2D eigenvalue weighted by molar-refractivity contribution is 1.14. The molecule has 0 unspecified atom stereocenters. The van der Waals surface area contributed by atoms with Gasteiger partial charge in [-0.2, -0.15) is 0 Å². The molecule has 0 spiro atoms. The minimum Gasteiger partial charge on any atom is -0.309 e. The van der Waals surface area contributed by atoms with Crippen LogP contribution in [-0.4, -0.2) is 19.1 Å². The number of benzene rings is 4. The van der Waals surface area contributed by atoms with Crippen molar-refractivity contribution in [1.82, 2.24) is 19.1 Å². The number of fused-ring (bicyclic) bond motifs is 6. The lowest BCUT2D eigenvalue weighted by atomic mass is 10.1. The average molecular weight is 487 g/mol. The number of rotatable bonds is 3. The molecule has 0 aliphatic rings. The molecule has 4 aromatic heterocycles. The molecule has 0 saturated carbocycles. The van der Waals surface area contributed by atoms with Crippen LogP contribution in [0.1, 0.15) is 0 Å². The van der Waals surface area contributed by atoms with Gasteiger partial charge in [0.15, 0.2) is 0 Å². The molecule has 4 nitrogen and oxygen atoms in total. The van der Waals surface area contributed by atoms with Crippen LogP contribution in [0.5, 0.6) is 0 Å². The molecule has 0 bridgehead atoms. The molecule has 178 valence electrons. The van der Waals surface area contributed by atoms with E-state index in [2.05, 4.69) is 128 Å². The fourth-order valence-electron chi connectivity index (χ4n) is 5.79. The number of hydrogen-bond acceptors (Lipinski definition) is 2. The highest BCUT2D eigenvalue weighted by atomic mass is 15.0. The van der Waals surface area contributed by atoms with Gasteiger partial charge in [0.25, 0.3) is 0 Å². The molecule has 8 aromatic rings. The van der Waals surface area contributed by atoms with E-state index in [1.165, 1.54) is 21.8 Å². The Morgan fingerprint density at radius 2 is 1.05 bits per heavy atom. The fraction of sp³-hybridized carbons (Fsp3) is 0. The fourth-order valence-corrected chi connectivity index (χ4v) is 5.79. The normalized spacial score (nSPS) is 11.7. The van der Waals surface area contributed by atoms with Gasteiger partial charge in [-0.15, -0.1) is 0 Å². The van der Waals surface area contributed by atoms with E-state index >= 15 is 0 Å². The van der Waals surface area contributed by atoms with Crippen molar-refractivity contribution < 1.29 is 0 Å². The molecule has 0 N–H and O–H groups in total. The standard InChI is InChI=1S/C34H22N4/c1-4-14-30-27(11-1)28-12-2-5-15-31(28)37(30)25-10-7-9-23(19-25)24-20-26(22-35-21-24)38-32-16-6-3-13-29(32)34-33(38)17-8-18-36-34/h1-22H. The number of aromatic nitrogens is 4. The Morgan fingerprint density at radius 3 is 1.82 bits per heavy atom. The number of hydrogen-bond donors (Lipinski definition) is 0. The second-order valence-electron chi connectivity index (χ2n) is 9.58. The van der Waals surface area contributed by atoms with Gasteiger partial charge in [0.1, 0.15) is 0 Å². The summed E-state index contributed by atoms with van der Waals surface area (Å²) in [5.41, 5.74) is 9.95. The summed E-state index contributed by atoms with van der Waals surface area (Å²) >= 11 is 0. The number of pyridine rings is 2. The third kappa shape index (κ3) is 3.04.